The van der Waals surface area contributed by atoms with Gasteiger partial charge < -0.3 is 5.32 Å². The fourth-order valence-corrected chi connectivity index (χ4v) is 3.62. The normalized spacial score (nSPS) is 16.4. The fourth-order valence-electron chi connectivity index (χ4n) is 2.86. The summed E-state index contributed by atoms with van der Waals surface area (Å²) in [5, 5.41) is 17.4. The van der Waals surface area contributed by atoms with Gasteiger partial charge in [-0.15, -0.1) is 10.2 Å². The van der Waals surface area contributed by atoms with E-state index in [2.05, 4.69) is 30.7 Å². The van der Waals surface area contributed by atoms with Crippen LogP contribution in [-0.4, -0.2) is 42.1 Å². The quantitative estimate of drug-likeness (QED) is 0.763. The molecule has 0 bridgehead atoms. The number of nitrogens with zero attached hydrogens (tertiary/aromatic N) is 3. The van der Waals surface area contributed by atoms with Crippen LogP contribution in [0.25, 0.3) is 11.4 Å². The summed E-state index contributed by atoms with van der Waals surface area (Å²) in [6.45, 7) is 0. The Balaban J connectivity index is 1.98. The second kappa shape index (κ2) is 6.63. The molecule has 3 rings (SSSR count). The van der Waals surface area contributed by atoms with Crippen LogP contribution < -0.4 is 10.0 Å². The first-order valence-electron chi connectivity index (χ1n) is 7.68. The van der Waals surface area contributed by atoms with Gasteiger partial charge in [-0.05, 0) is 43.3 Å². The molecule has 3 N–H and O–H groups in total. The number of H-pyrrole nitrogens is 1. The number of nitrogens with one attached hydrogen (secondary N) is 3. The van der Waals surface area contributed by atoms with Gasteiger partial charge in [-0.25, -0.2) is 13.1 Å². The third-order valence-corrected chi connectivity index (χ3v) is 5.53. The summed E-state index contributed by atoms with van der Waals surface area (Å²) in [7, 11) is -2.14. The van der Waals surface area contributed by atoms with Crippen LogP contribution in [0, 0.1) is 0 Å². The molecule has 8 nitrogen and oxygen atoms in total. The molecule has 1 saturated carbocycles. The molecule has 2 aromatic rings. The van der Waals surface area contributed by atoms with Crippen molar-refractivity contribution in [2.45, 2.75) is 43.0 Å². The first kappa shape index (κ1) is 15.9. The van der Waals surface area contributed by atoms with Crippen LogP contribution in [0.2, 0.25) is 0 Å². The van der Waals surface area contributed by atoms with Crippen LogP contribution >= 0.6 is 0 Å². The van der Waals surface area contributed by atoms with Crippen LogP contribution in [0.4, 0.5) is 5.69 Å². The van der Waals surface area contributed by atoms with Gasteiger partial charge in [0.25, 0.3) is 0 Å². The maximum atomic E-state index is 12.0. The number of tetrazole rings is 1. The van der Waals surface area contributed by atoms with E-state index >= 15 is 0 Å². The molecular weight excluding hydrogens is 316 g/mol. The Labute approximate surface area is 135 Å². The molecule has 0 unspecified atom stereocenters. The van der Waals surface area contributed by atoms with Crippen molar-refractivity contribution < 1.29 is 8.42 Å². The lowest BCUT2D eigenvalue weighted by molar-refractivity contribution is 0.463. The van der Waals surface area contributed by atoms with Crippen LogP contribution in [0.5, 0.6) is 0 Å². The number of hydrogen-bond acceptors (Lipinski definition) is 6. The molecule has 1 aromatic carbocycles. The Morgan fingerprint density at radius 2 is 2.00 bits per heavy atom. The molecule has 0 saturated heterocycles. The molecule has 1 fully saturated rings. The van der Waals surface area contributed by atoms with Crippen molar-refractivity contribution in [2.75, 3.05) is 12.4 Å². The van der Waals surface area contributed by atoms with E-state index in [4.69, 9.17) is 0 Å². The zero-order valence-electron chi connectivity index (χ0n) is 12.9. The zero-order chi connectivity index (χ0) is 16.3. The maximum Gasteiger partial charge on any atom is 0.240 e. The van der Waals surface area contributed by atoms with E-state index in [0.29, 0.717) is 17.4 Å². The summed E-state index contributed by atoms with van der Waals surface area (Å²) in [5.41, 5.74) is 1.45. The summed E-state index contributed by atoms with van der Waals surface area (Å²) >= 11 is 0. The Morgan fingerprint density at radius 3 is 2.65 bits per heavy atom. The predicted molar refractivity (Wildman–Crippen MR) is 86.4 cm³/mol. The highest BCUT2D eigenvalue weighted by Gasteiger charge is 2.20. The summed E-state index contributed by atoms with van der Waals surface area (Å²) < 4.78 is 26.4. The smallest absolute Gasteiger partial charge is 0.240 e. The number of sulfonamides is 1. The van der Waals surface area contributed by atoms with E-state index in [0.717, 1.165) is 18.5 Å². The molecule has 124 valence electrons. The lowest BCUT2D eigenvalue weighted by Gasteiger charge is -2.25. The molecule has 23 heavy (non-hydrogen) atoms. The molecule has 0 aliphatic heterocycles. The molecular formula is C14H20N6O2S. The molecule has 1 aliphatic rings. The number of aromatic nitrogens is 4. The molecule has 0 atom stereocenters. The Bertz CT molecular complexity index is 754. The number of anilines is 1. The van der Waals surface area contributed by atoms with E-state index in [1.807, 2.05) is 0 Å². The number of benzene rings is 1. The van der Waals surface area contributed by atoms with Gasteiger partial charge in [-0.1, -0.05) is 19.3 Å². The second-order valence-corrected chi connectivity index (χ2v) is 7.52. The zero-order valence-corrected chi connectivity index (χ0v) is 13.7. The summed E-state index contributed by atoms with van der Waals surface area (Å²) in [6, 6.07) is 5.31. The van der Waals surface area contributed by atoms with Crippen molar-refractivity contribution in [1.29, 1.82) is 0 Å². The lowest BCUT2D eigenvalue weighted by atomic mass is 9.95. The van der Waals surface area contributed by atoms with E-state index in [-0.39, 0.29) is 4.90 Å². The molecule has 1 aromatic heterocycles. The average Bonchev–Trinajstić information content (AvgIpc) is 3.10. The average molecular weight is 336 g/mol. The minimum absolute atomic E-state index is 0.175. The highest BCUT2D eigenvalue weighted by atomic mass is 32.2. The van der Waals surface area contributed by atoms with E-state index in [1.54, 1.807) is 18.2 Å². The van der Waals surface area contributed by atoms with Crippen molar-refractivity contribution in [3.05, 3.63) is 18.2 Å². The van der Waals surface area contributed by atoms with Crippen molar-refractivity contribution >= 4 is 15.7 Å². The topological polar surface area (TPSA) is 113 Å². The maximum absolute atomic E-state index is 12.0. The van der Waals surface area contributed by atoms with Gasteiger partial charge in [0.1, 0.15) is 0 Å². The number of aromatic amines is 1. The Hall–Kier alpha value is -2.00. The summed E-state index contributed by atoms with van der Waals surface area (Å²) in [5.74, 6) is 0.372. The van der Waals surface area contributed by atoms with Crippen LogP contribution in [0.3, 0.4) is 0 Å². The number of rotatable bonds is 5. The first-order chi connectivity index (χ1) is 11.1. The number of hydrogen-bond donors (Lipinski definition) is 3. The van der Waals surface area contributed by atoms with Crippen molar-refractivity contribution in [3.8, 4) is 11.4 Å². The van der Waals surface area contributed by atoms with Gasteiger partial charge in [0.05, 0.1) is 4.90 Å². The van der Waals surface area contributed by atoms with E-state index < -0.39 is 10.0 Å². The summed E-state index contributed by atoms with van der Waals surface area (Å²) in [6.07, 6.45) is 5.92. The predicted octanol–water partition coefficient (Wildman–Crippen LogP) is 1.52. The SMILES string of the molecule is CNS(=O)(=O)c1ccc(NC2CCCCC2)c(-c2nn[nH]n2)c1. The minimum atomic E-state index is -3.53. The van der Waals surface area contributed by atoms with Gasteiger partial charge in [-0.3, -0.25) is 0 Å². The minimum Gasteiger partial charge on any atom is -0.382 e. The third kappa shape index (κ3) is 3.50. The molecule has 1 aliphatic carbocycles. The van der Waals surface area contributed by atoms with Crippen LogP contribution in [-0.2, 0) is 10.0 Å². The monoisotopic (exact) mass is 336 g/mol. The van der Waals surface area contributed by atoms with Gasteiger partial charge in [0.15, 0.2) is 0 Å². The van der Waals surface area contributed by atoms with Gasteiger partial charge in [0, 0.05) is 17.3 Å². The van der Waals surface area contributed by atoms with Gasteiger partial charge in [-0.2, -0.15) is 5.21 Å². The molecule has 1 heterocycles. The first-order valence-corrected chi connectivity index (χ1v) is 9.16. The largest absolute Gasteiger partial charge is 0.382 e. The second-order valence-electron chi connectivity index (χ2n) is 5.63. The molecule has 0 radical (unpaired) electrons. The lowest BCUT2D eigenvalue weighted by Crippen LogP contribution is -2.23. The van der Waals surface area contributed by atoms with Gasteiger partial charge in [0.2, 0.25) is 15.8 Å². The highest BCUT2D eigenvalue weighted by molar-refractivity contribution is 7.89. The van der Waals surface area contributed by atoms with Gasteiger partial charge >= 0.3 is 0 Å². The standard InChI is InChI=1S/C14H20N6O2S/c1-15-23(21,22)11-7-8-13(16-10-5-3-2-4-6-10)12(9-11)14-17-19-20-18-14/h7-10,15-16H,2-6H2,1H3,(H,17,18,19,20). The molecule has 0 spiro atoms. The highest BCUT2D eigenvalue weighted by Crippen LogP contribution is 2.30. The van der Waals surface area contributed by atoms with Crippen molar-refractivity contribution in [1.82, 2.24) is 25.3 Å². The third-order valence-electron chi connectivity index (χ3n) is 4.12. The molecule has 9 heteroatoms. The fraction of sp³-hybridized carbons (Fsp3) is 0.500. The molecule has 0 amide bonds. The van der Waals surface area contributed by atoms with E-state index in [1.165, 1.54) is 26.3 Å². The van der Waals surface area contributed by atoms with Crippen LogP contribution in [0.15, 0.2) is 23.1 Å². The van der Waals surface area contributed by atoms with E-state index in [9.17, 15) is 8.42 Å². The Kier molecular flexibility index (Phi) is 4.58. The Morgan fingerprint density at radius 1 is 1.22 bits per heavy atom. The van der Waals surface area contributed by atoms with Crippen LogP contribution in [0.1, 0.15) is 32.1 Å². The van der Waals surface area contributed by atoms with Crippen molar-refractivity contribution in [3.63, 3.8) is 0 Å². The summed E-state index contributed by atoms with van der Waals surface area (Å²) in [4.78, 5) is 0.175. The van der Waals surface area contributed by atoms with Crippen molar-refractivity contribution in [2.24, 2.45) is 0 Å².